The molecule has 0 unspecified atom stereocenters. The molecule has 1 aliphatic rings. The Bertz CT molecular complexity index is 396. The van der Waals surface area contributed by atoms with E-state index in [9.17, 15) is 0 Å². The monoisotopic (exact) mass is 424 g/mol. The maximum Gasteiger partial charge on any atom is 0.0513 e. The van der Waals surface area contributed by atoms with Crippen LogP contribution in [0, 0.1) is 0 Å². The van der Waals surface area contributed by atoms with Gasteiger partial charge in [0.15, 0.2) is 0 Å². The number of rotatable bonds is 0. The Kier molecular flexibility index (Phi) is 16.4. The summed E-state index contributed by atoms with van der Waals surface area (Å²) >= 11 is 0. The smallest absolute Gasteiger partial charge is 0.0513 e. The molecule has 0 fully saturated rings. The molecule has 1 rings (SSSR count). The van der Waals surface area contributed by atoms with Gasteiger partial charge in [-0.15, -0.1) is 24.8 Å². The first-order valence-corrected chi connectivity index (χ1v) is 8.20. The molecule has 0 radical (unpaired) electrons. The molecule has 2 N–H and O–H groups in total. The zero-order valence-electron chi connectivity index (χ0n) is 16.0. The van der Waals surface area contributed by atoms with E-state index >= 15 is 0 Å². The molecule has 0 spiro atoms. The average molecular weight is 426 g/mol. The van der Waals surface area contributed by atoms with Crippen molar-refractivity contribution in [1.82, 2.24) is 10.6 Å². The first-order chi connectivity index (χ1) is 9.70. The number of aliphatic imine (C=N–C) groups is 2. The summed E-state index contributed by atoms with van der Waals surface area (Å²) in [5.41, 5.74) is 2.67. The second-order valence-corrected chi connectivity index (χ2v) is 7.56. The van der Waals surface area contributed by atoms with Crippen LogP contribution in [0.5, 0.6) is 0 Å². The van der Waals surface area contributed by atoms with Crippen molar-refractivity contribution in [2.45, 2.75) is 71.9 Å². The van der Waals surface area contributed by atoms with Crippen LogP contribution in [0.1, 0.15) is 60.8 Å². The number of nitrogens with zero attached hydrogens (tertiary/aromatic N) is 2. The van der Waals surface area contributed by atoms with Crippen molar-refractivity contribution in [3.63, 3.8) is 0 Å². The molecular weight excluding hydrogens is 390 g/mol. The van der Waals surface area contributed by atoms with Gasteiger partial charge in [0.2, 0.25) is 0 Å². The second kappa shape index (κ2) is 13.5. The van der Waals surface area contributed by atoms with Crippen LogP contribution in [0.2, 0.25) is 0 Å². The summed E-state index contributed by atoms with van der Waals surface area (Å²) in [7, 11) is 0. The average Bonchev–Trinajstić information content (AvgIpc) is 2.32. The van der Waals surface area contributed by atoms with E-state index in [1.165, 1.54) is 11.4 Å². The number of halogens is 2. The Balaban J connectivity index is -0.00000147. The third kappa shape index (κ3) is 13.6. The quantitative estimate of drug-likeness (QED) is 0.581. The van der Waals surface area contributed by atoms with E-state index in [4.69, 9.17) is 9.98 Å². The Morgan fingerprint density at radius 3 is 1.67 bits per heavy atom. The van der Waals surface area contributed by atoms with Gasteiger partial charge in [-0.3, -0.25) is 9.98 Å². The molecule has 0 saturated heterocycles. The van der Waals surface area contributed by atoms with Crippen molar-refractivity contribution >= 4 is 36.2 Å². The van der Waals surface area contributed by atoms with Gasteiger partial charge in [0.1, 0.15) is 0 Å². The van der Waals surface area contributed by atoms with Gasteiger partial charge in [-0.05, 0) is 54.5 Å². The zero-order chi connectivity index (χ0) is 15.9. The maximum absolute atomic E-state index is 4.70. The SMILES string of the molecule is CC1=NCCNC(C)(C)CC(C)=NCCCNC(C)(C)C1.Cl.Cl.[Ni]. The number of hydrogen-bond acceptors (Lipinski definition) is 4. The van der Waals surface area contributed by atoms with Crippen LogP contribution in [0.25, 0.3) is 0 Å². The van der Waals surface area contributed by atoms with Crippen molar-refractivity contribution in [2.75, 3.05) is 26.2 Å². The normalized spacial score (nSPS) is 22.1. The molecule has 1 heterocycles. The number of nitrogens with one attached hydrogen (secondary N) is 2. The largest absolute Gasteiger partial charge is 0.311 e. The Labute approximate surface area is 171 Å². The third-order valence-corrected chi connectivity index (χ3v) is 3.81. The Morgan fingerprint density at radius 2 is 1.17 bits per heavy atom. The summed E-state index contributed by atoms with van der Waals surface area (Å²) < 4.78 is 0. The molecule has 0 aromatic heterocycles. The number of hydrogen-bond donors (Lipinski definition) is 2. The van der Waals surface area contributed by atoms with Crippen LogP contribution < -0.4 is 10.6 Å². The molecule has 24 heavy (non-hydrogen) atoms. The fourth-order valence-corrected chi connectivity index (χ4v) is 2.93. The summed E-state index contributed by atoms with van der Waals surface area (Å²) in [6.45, 7) is 17.0. The van der Waals surface area contributed by atoms with Gasteiger partial charge in [0, 0.05) is 64.9 Å². The first kappa shape index (κ1) is 29.1. The minimum absolute atomic E-state index is 0. The van der Waals surface area contributed by atoms with E-state index < -0.39 is 0 Å². The first-order valence-electron chi connectivity index (χ1n) is 8.20. The molecule has 0 atom stereocenters. The molecule has 7 heteroatoms. The molecule has 0 aliphatic carbocycles. The molecule has 0 saturated carbocycles. The van der Waals surface area contributed by atoms with E-state index in [1.807, 2.05) is 0 Å². The Morgan fingerprint density at radius 1 is 0.750 bits per heavy atom. The van der Waals surface area contributed by atoms with Crippen LogP contribution in [0.15, 0.2) is 9.98 Å². The summed E-state index contributed by atoms with van der Waals surface area (Å²) in [5.74, 6) is 0. The summed E-state index contributed by atoms with van der Waals surface area (Å²) in [5, 5.41) is 7.22. The van der Waals surface area contributed by atoms with E-state index in [0.717, 1.165) is 45.4 Å². The van der Waals surface area contributed by atoms with Gasteiger partial charge in [-0.2, -0.15) is 0 Å². The zero-order valence-corrected chi connectivity index (χ0v) is 18.6. The van der Waals surface area contributed by atoms with Crippen molar-refractivity contribution in [1.29, 1.82) is 0 Å². The second-order valence-electron chi connectivity index (χ2n) is 7.56. The van der Waals surface area contributed by atoms with E-state index in [1.54, 1.807) is 0 Å². The van der Waals surface area contributed by atoms with Gasteiger partial charge in [-0.1, -0.05) is 0 Å². The van der Waals surface area contributed by atoms with Gasteiger partial charge in [0.05, 0.1) is 6.54 Å². The van der Waals surface area contributed by atoms with Crippen LogP contribution in [-0.4, -0.2) is 48.7 Å². The minimum Gasteiger partial charge on any atom is -0.311 e. The molecule has 1 aliphatic heterocycles. The predicted molar refractivity (Wildman–Crippen MR) is 108 cm³/mol. The Hall–Kier alpha value is 0.334. The van der Waals surface area contributed by atoms with E-state index in [0.29, 0.717) is 0 Å². The summed E-state index contributed by atoms with van der Waals surface area (Å²) in [4.78, 5) is 9.40. The molecule has 0 aromatic rings. The summed E-state index contributed by atoms with van der Waals surface area (Å²) in [6.07, 6.45) is 3.08. The fourth-order valence-electron chi connectivity index (χ4n) is 2.93. The van der Waals surface area contributed by atoms with Crippen LogP contribution >= 0.6 is 24.8 Å². The third-order valence-electron chi connectivity index (χ3n) is 3.81. The molecule has 0 bridgehead atoms. The predicted octanol–water partition coefficient (Wildman–Crippen LogP) is 3.67. The summed E-state index contributed by atoms with van der Waals surface area (Å²) in [6, 6.07) is 0. The van der Waals surface area contributed by atoms with E-state index in [2.05, 4.69) is 52.2 Å². The van der Waals surface area contributed by atoms with Crippen molar-refractivity contribution in [3.8, 4) is 0 Å². The molecule has 0 aromatic carbocycles. The fraction of sp³-hybridized carbons (Fsp3) is 0.882. The van der Waals surface area contributed by atoms with Crippen LogP contribution in [0.4, 0.5) is 0 Å². The van der Waals surface area contributed by atoms with Crippen molar-refractivity contribution in [2.24, 2.45) is 9.98 Å². The van der Waals surface area contributed by atoms with Crippen molar-refractivity contribution in [3.05, 3.63) is 0 Å². The molecule has 4 nitrogen and oxygen atoms in total. The van der Waals surface area contributed by atoms with Gasteiger partial charge in [-0.25, -0.2) is 0 Å². The topological polar surface area (TPSA) is 48.8 Å². The minimum atomic E-state index is 0. The molecule has 0 amide bonds. The van der Waals surface area contributed by atoms with E-state index in [-0.39, 0.29) is 52.4 Å². The molecular formula is C17H36Cl2N4Ni. The standard InChI is InChI=1S/C17H34N4.2ClH.Ni/c1-14-12-17(5,6)21-11-10-19-15(2)13-16(3,4)20-9-7-8-18-14;;;/h20-21H,7-13H2,1-6H3;2*1H;. The maximum atomic E-state index is 4.70. The van der Waals surface area contributed by atoms with Crippen LogP contribution in [0.3, 0.4) is 0 Å². The van der Waals surface area contributed by atoms with Gasteiger partial charge in [0.25, 0.3) is 0 Å². The van der Waals surface area contributed by atoms with Gasteiger partial charge < -0.3 is 10.6 Å². The van der Waals surface area contributed by atoms with Crippen molar-refractivity contribution < 1.29 is 16.5 Å². The van der Waals surface area contributed by atoms with Gasteiger partial charge >= 0.3 is 0 Å². The van der Waals surface area contributed by atoms with Crippen LogP contribution in [-0.2, 0) is 16.5 Å². The molecule has 148 valence electrons.